The molecule has 2 aromatic carbocycles. The van der Waals surface area contributed by atoms with Crippen LogP contribution in [0.1, 0.15) is 16.7 Å². The van der Waals surface area contributed by atoms with Crippen LogP contribution >= 0.6 is 11.8 Å². The SMILES string of the molecule is Cc1c(O)cccc1C1=CC=CC(SCCc2ccccc2)O1. The summed E-state index contributed by atoms with van der Waals surface area (Å²) in [4.78, 5) is 0. The van der Waals surface area contributed by atoms with E-state index in [9.17, 15) is 5.11 Å². The van der Waals surface area contributed by atoms with Crippen LogP contribution in [0.4, 0.5) is 0 Å². The van der Waals surface area contributed by atoms with E-state index in [-0.39, 0.29) is 5.44 Å². The van der Waals surface area contributed by atoms with Gasteiger partial charge in [0.1, 0.15) is 11.5 Å². The summed E-state index contributed by atoms with van der Waals surface area (Å²) in [5, 5.41) is 9.86. The zero-order valence-electron chi connectivity index (χ0n) is 13.1. The van der Waals surface area contributed by atoms with Crippen LogP contribution in [0, 0.1) is 6.92 Å². The molecule has 0 radical (unpaired) electrons. The molecule has 1 unspecified atom stereocenters. The third-order valence-electron chi connectivity index (χ3n) is 3.85. The molecule has 1 heterocycles. The number of aryl methyl sites for hydroxylation is 1. The molecule has 1 aliphatic rings. The minimum Gasteiger partial charge on any atom is -0.508 e. The predicted octanol–water partition coefficient (Wildman–Crippen LogP) is 4.93. The Labute approximate surface area is 141 Å². The number of benzene rings is 2. The van der Waals surface area contributed by atoms with Gasteiger partial charge in [0.15, 0.2) is 5.44 Å². The first-order valence-corrected chi connectivity index (χ1v) is 8.78. The number of ether oxygens (including phenoxy) is 1. The van der Waals surface area contributed by atoms with Crippen molar-refractivity contribution in [3.05, 3.63) is 83.4 Å². The topological polar surface area (TPSA) is 29.5 Å². The Bertz CT molecular complexity index is 720. The first-order chi connectivity index (χ1) is 11.2. The lowest BCUT2D eigenvalue weighted by Crippen LogP contribution is -2.09. The molecule has 0 spiro atoms. The van der Waals surface area contributed by atoms with Gasteiger partial charge in [-0.15, -0.1) is 11.8 Å². The molecule has 0 saturated heterocycles. The van der Waals surface area contributed by atoms with Crippen molar-refractivity contribution in [2.75, 3.05) is 5.75 Å². The second kappa shape index (κ2) is 7.42. The molecule has 23 heavy (non-hydrogen) atoms. The molecule has 2 aromatic rings. The summed E-state index contributed by atoms with van der Waals surface area (Å²) >= 11 is 1.79. The van der Waals surface area contributed by atoms with E-state index in [0.29, 0.717) is 5.75 Å². The average Bonchev–Trinajstić information content (AvgIpc) is 2.59. The fourth-order valence-corrected chi connectivity index (χ4v) is 3.47. The third-order valence-corrected chi connectivity index (χ3v) is 4.87. The smallest absolute Gasteiger partial charge is 0.163 e. The van der Waals surface area contributed by atoms with Crippen molar-refractivity contribution in [1.82, 2.24) is 0 Å². The molecule has 0 amide bonds. The molecular formula is C20H20O2S. The van der Waals surface area contributed by atoms with E-state index in [4.69, 9.17) is 4.74 Å². The van der Waals surface area contributed by atoms with Crippen LogP contribution in [0.25, 0.3) is 5.76 Å². The van der Waals surface area contributed by atoms with Crippen LogP contribution in [0.15, 0.2) is 66.8 Å². The zero-order chi connectivity index (χ0) is 16.1. The van der Waals surface area contributed by atoms with Gasteiger partial charge >= 0.3 is 0 Å². The predicted molar refractivity (Wildman–Crippen MR) is 97.4 cm³/mol. The van der Waals surface area contributed by atoms with Gasteiger partial charge < -0.3 is 9.84 Å². The van der Waals surface area contributed by atoms with Gasteiger partial charge in [-0.3, -0.25) is 0 Å². The van der Waals surface area contributed by atoms with Gasteiger partial charge in [0, 0.05) is 16.9 Å². The van der Waals surface area contributed by atoms with Gasteiger partial charge in [0.2, 0.25) is 0 Å². The molecule has 118 valence electrons. The highest BCUT2D eigenvalue weighted by molar-refractivity contribution is 7.99. The molecular weight excluding hydrogens is 304 g/mol. The van der Waals surface area contributed by atoms with E-state index in [1.807, 2.05) is 37.3 Å². The molecule has 1 N–H and O–H groups in total. The molecule has 1 atom stereocenters. The molecule has 0 fully saturated rings. The van der Waals surface area contributed by atoms with Crippen LogP contribution in [-0.2, 0) is 11.2 Å². The number of phenols is 1. The van der Waals surface area contributed by atoms with Crippen molar-refractivity contribution < 1.29 is 9.84 Å². The Morgan fingerprint density at radius 3 is 2.74 bits per heavy atom. The number of allylic oxidation sites excluding steroid dienone is 2. The average molecular weight is 324 g/mol. The lowest BCUT2D eigenvalue weighted by atomic mass is 10.1. The maximum absolute atomic E-state index is 9.86. The summed E-state index contributed by atoms with van der Waals surface area (Å²) in [5.74, 6) is 2.12. The summed E-state index contributed by atoms with van der Waals surface area (Å²) in [7, 11) is 0. The Morgan fingerprint density at radius 1 is 1.09 bits per heavy atom. The summed E-state index contributed by atoms with van der Waals surface area (Å²) in [5.41, 5.74) is 3.16. The van der Waals surface area contributed by atoms with Crippen molar-refractivity contribution >= 4 is 17.5 Å². The summed E-state index contributed by atoms with van der Waals surface area (Å²) in [6.45, 7) is 1.91. The van der Waals surface area contributed by atoms with Gasteiger partial charge in [-0.2, -0.15) is 0 Å². The van der Waals surface area contributed by atoms with Crippen molar-refractivity contribution in [3.8, 4) is 5.75 Å². The summed E-state index contributed by atoms with van der Waals surface area (Å²) in [6, 6.07) is 16.0. The van der Waals surface area contributed by atoms with Crippen LogP contribution < -0.4 is 0 Å². The monoisotopic (exact) mass is 324 g/mol. The fraction of sp³-hybridized carbons (Fsp3) is 0.200. The minimum absolute atomic E-state index is 0.0143. The number of rotatable bonds is 5. The first-order valence-electron chi connectivity index (χ1n) is 7.73. The number of phenolic OH excluding ortho intramolecular Hbond substituents is 1. The van der Waals surface area contributed by atoms with Crippen molar-refractivity contribution in [2.24, 2.45) is 0 Å². The molecule has 0 aromatic heterocycles. The lowest BCUT2D eigenvalue weighted by molar-refractivity contribution is 0.286. The summed E-state index contributed by atoms with van der Waals surface area (Å²) < 4.78 is 6.07. The van der Waals surface area contributed by atoms with E-state index in [2.05, 4.69) is 30.3 Å². The van der Waals surface area contributed by atoms with E-state index in [0.717, 1.165) is 29.1 Å². The number of hydrogen-bond donors (Lipinski definition) is 1. The fourth-order valence-electron chi connectivity index (χ4n) is 2.51. The van der Waals surface area contributed by atoms with Crippen LogP contribution in [0.3, 0.4) is 0 Å². The Kier molecular flexibility index (Phi) is 5.09. The Hall–Kier alpha value is -2.13. The second-order valence-corrected chi connectivity index (χ2v) is 6.66. The maximum Gasteiger partial charge on any atom is 0.163 e. The van der Waals surface area contributed by atoms with Gasteiger partial charge in [-0.05, 0) is 37.1 Å². The largest absolute Gasteiger partial charge is 0.508 e. The number of thioether (sulfide) groups is 1. The Balaban J connectivity index is 1.59. The van der Waals surface area contributed by atoms with Crippen molar-refractivity contribution in [3.63, 3.8) is 0 Å². The van der Waals surface area contributed by atoms with E-state index < -0.39 is 0 Å². The van der Waals surface area contributed by atoms with E-state index >= 15 is 0 Å². The highest BCUT2D eigenvalue weighted by Crippen LogP contribution is 2.32. The van der Waals surface area contributed by atoms with Gasteiger partial charge in [0.05, 0.1) is 0 Å². The second-order valence-electron chi connectivity index (χ2n) is 5.46. The number of hydrogen-bond acceptors (Lipinski definition) is 3. The van der Waals surface area contributed by atoms with Gasteiger partial charge in [-0.25, -0.2) is 0 Å². The zero-order valence-corrected chi connectivity index (χ0v) is 13.9. The van der Waals surface area contributed by atoms with Gasteiger partial charge in [-0.1, -0.05) is 48.5 Å². The third kappa shape index (κ3) is 3.99. The van der Waals surface area contributed by atoms with Gasteiger partial charge in [0.25, 0.3) is 0 Å². The summed E-state index contributed by atoms with van der Waals surface area (Å²) in [6.07, 6.45) is 7.08. The van der Waals surface area contributed by atoms with Crippen molar-refractivity contribution in [1.29, 1.82) is 0 Å². The van der Waals surface area contributed by atoms with E-state index in [1.165, 1.54) is 5.56 Å². The molecule has 1 aliphatic heterocycles. The van der Waals surface area contributed by atoms with Crippen molar-refractivity contribution in [2.45, 2.75) is 18.8 Å². The highest BCUT2D eigenvalue weighted by Gasteiger charge is 2.16. The first kappa shape index (κ1) is 15.8. The molecule has 3 heteroatoms. The normalized spacial score (nSPS) is 16.7. The van der Waals surface area contributed by atoms with Crippen LogP contribution in [0.2, 0.25) is 0 Å². The molecule has 2 nitrogen and oxygen atoms in total. The molecule has 0 aliphatic carbocycles. The molecule has 0 saturated carbocycles. The minimum atomic E-state index is 0.0143. The van der Waals surface area contributed by atoms with E-state index in [1.54, 1.807) is 17.8 Å². The van der Waals surface area contributed by atoms with Crippen LogP contribution in [0.5, 0.6) is 5.75 Å². The number of aromatic hydroxyl groups is 1. The lowest BCUT2D eigenvalue weighted by Gasteiger charge is -2.22. The standard InChI is InChI=1S/C20H20O2S/c1-15-17(9-5-10-18(15)21)19-11-6-12-20(22-19)23-14-13-16-7-3-2-4-8-16/h2-12,20-21H,13-14H2,1H3. The highest BCUT2D eigenvalue weighted by atomic mass is 32.2. The quantitative estimate of drug-likeness (QED) is 0.845. The maximum atomic E-state index is 9.86. The Morgan fingerprint density at radius 2 is 1.91 bits per heavy atom. The molecule has 0 bridgehead atoms. The molecule has 3 rings (SSSR count). The van der Waals surface area contributed by atoms with Crippen LogP contribution in [-0.4, -0.2) is 16.3 Å².